The fourth-order valence-electron chi connectivity index (χ4n) is 1.63. The van der Waals surface area contributed by atoms with Gasteiger partial charge in [0.05, 0.1) is 17.8 Å². The first kappa shape index (κ1) is 12.1. The molecule has 1 amide bonds. The first-order valence-corrected chi connectivity index (χ1v) is 5.60. The second-order valence-electron chi connectivity index (χ2n) is 3.78. The van der Waals surface area contributed by atoms with Gasteiger partial charge >= 0.3 is 0 Å². The number of aryl methyl sites for hydroxylation is 1. The van der Waals surface area contributed by atoms with Crippen molar-refractivity contribution < 1.29 is 4.79 Å². The van der Waals surface area contributed by atoms with Crippen molar-refractivity contribution in [2.75, 3.05) is 12.4 Å². The number of pyridine rings is 1. The molecule has 2 N–H and O–H groups in total. The molecule has 0 aliphatic carbocycles. The van der Waals surface area contributed by atoms with Crippen LogP contribution in [-0.2, 0) is 13.6 Å². The van der Waals surface area contributed by atoms with Crippen LogP contribution < -0.4 is 10.6 Å². The summed E-state index contributed by atoms with van der Waals surface area (Å²) in [6.45, 7) is 0.438. The standard InChI is InChI=1S/C12H15N5O/c1-13-11-10(4-3-6-14-11)12(18)15-8-9-5-7-16-17(9)2/h3-7H,8H2,1-2H3,(H,13,14)(H,15,18). The Labute approximate surface area is 105 Å². The highest BCUT2D eigenvalue weighted by Gasteiger charge is 2.11. The summed E-state index contributed by atoms with van der Waals surface area (Å²) in [5.41, 5.74) is 1.47. The largest absolute Gasteiger partial charge is 0.372 e. The molecule has 0 saturated heterocycles. The van der Waals surface area contributed by atoms with Gasteiger partial charge in [0.2, 0.25) is 0 Å². The Hall–Kier alpha value is -2.37. The van der Waals surface area contributed by atoms with E-state index in [1.807, 2.05) is 13.1 Å². The predicted octanol–water partition coefficient (Wildman–Crippen LogP) is 0.787. The predicted molar refractivity (Wildman–Crippen MR) is 68.2 cm³/mol. The maximum absolute atomic E-state index is 12.0. The summed E-state index contributed by atoms with van der Waals surface area (Å²) in [7, 11) is 3.57. The summed E-state index contributed by atoms with van der Waals surface area (Å²) in [4.78, 5) is 16.1. The number of rotatable bonds is 4. The first-order chi connectivity index (χ1) is 8.72. The summed E-state index contributed by atoms with van der Waals surface area (Å²) in [6.07, 6.45) is 3.34. The molecule has 94 valence electrons. The Kier molecular flexibility index (Phi) is 3.57. The third-order valence-electron chi connectivity index (χ3n) is 2.64. The van der Waals surface area contributed by atoms with Crippen molar-refractivity contribution in [1.82, 2.24) is 20.1 Å². The molecule has 0 spiro atoms. The minimum atomic E-state index is -0.159. The molecular weight excluding hydrogens is 230 g/mol. The smallest absolute Gasteiger partial charge is 0.255 e. The number of nitrogens with one attached hydrogen (secondary N) is 2. The summed E-state index contributed by atoms with van der Waals surface area (Å²) in [6, 6.07) is 5.33. The van der Waals surface area contributed by atoms with Gasteiger partial charge in [-0.05, 0) is 18.2 Å². The Morgan fingerprint density at radius 2 is 2.22 bits per heavy atom. The summed E-state index contributed by atoms with van der Waals surface area (Å²) >= 11 is 0. The summed E-state index contributed by atoms with van der Waals surface area (Å²) in [5, 5.41) is 9.77. The molecule has 2 rings (SSSR count). The lowest BCUT2D eigenvalue weighted by Crippen LogP contribution is -2.25. The van der Waals surface area contributed by atoms with Crippen LogP contribution in [0.1, 0.15) is 16.1 Å². The number of hydrogen-bond donors (Lipinski definition) is 2. The molecule has 0 fully saturated rings. The van der Waals surface area contributed by atoms with E-state index in [-0.39, 0.29) is 5.91 Å². The van der Waals surface area contributed by atoms with Crippen LogP contribution >= 0.6 is 0 Å². The molecule has 2 heterocycles. The van der Waals surface area contributed by atoms with Crippen LogP contribution in [0.25, 0.3) is 0 Å². The van der Waals surface area contributed by atoms with E-state index < -0.39 is 0 Å². The molecule has 0 saturated carbocycles. The summed E-state index contributed by atoms with van der Waals surface area (Å²) < 4.78 is 1.72. The Balaban J connectivity index is 2.06. The van der Waals surface area contributed by atoms with Gasteiger partial charge in [-0.2, -0.15) is 5.10 Å². The van der Waals surface area contributed by atoms with E-state index in [0.717, 1.165) is 5.69 Å². The topological polar surface area (TPSA) is 71.8 Å². The van der Waals surface area contributed by atoms with Crippen LogP contribution in [0.5, 0.6) is 0 Å². The van der Waals surface area contributed by atoms with E-state index >= 15 is 0 Å². The number of carbonyl (C=O) groups excluding carboxylic acids is 1. The zero-order valence-electron chi connectivity index (χ0n) is 10.3. The molecule has 18 heavy (non-hydrogen) atoms. The monoisotopic (exact) mass is 245 g/mol. The molecule has 0 atom stereocenters. The van der Waals surface area contributed by atoms with Crippen LogP contribution in [0.2, 0.25) is 0 Å². The fourth-order valence-corrected chi connectivity index (χ4v) is 1.63. The maximum Gasteiger partial charge on any atom is 0.255 e. The second-order valence-corrected chi connectivity index (χ2v) is 3.78. The second kappa shape index (κ2) is 5.31. The van der Waals surface area contributed by atoms with Gasteiger partial charge in [-0.1, -0.05) is 0 Å². The van der Waals surface area contributed by atoms with Crippen molar-refractivity contribution in [2.24, 2.45) is 7.05 Å². The number of nitrogens with zero attached hydrogens (tertiary/aromatic N) is 3. The van der Waals surface area contributed by atoms with Gasteiger partial charge in [0.25, 0.3) is 5.91 Å². The lowest BCUT2D eigenvalue weighted by atomic mass is 10.2. The number of hydrogen-bond acceptors (Lipinski definition) is 4. The Morgan fingerprint density at radius 3 is 2.89 bits per heavy atom. The van der Waals surface area contributed by atoms with Gasteiger partial charge in [0.1, 0.15) is 5.82 Å². The molecule has 6 heteroatoms. The van der Waals surface area contributed by atoms with E-state index in [1.54, 1.807) is 36.3 Å². The van der Waals surface area contributed by atoms with E-state index in [9.17, 15) is 4.79 Å². The third-order valence-corrected chi connectivity index (χ3v) is 2.64. The van der Waals surface area contributed by atoms with Gasteiger partial charge in [-0.15, -0.1) is 0 Å². The Bertz CT molecular complexity index is 549. The molecule has 2 aromatic rings. The normalized spacial score (nSPS) is 10.1. The molecule has 0 aromatic carbocycles. The lowest BCUT2D eigenvalue weighted by molar-refractivity contribution is 0.0950. The quantitative estimate of drug-likeness (QED) is 0.835. The molecule has 0 bridgehead atoms. The highest BCUT2D eigenvalue weighted by Crippen LogP contribution is 2.10. The van der Waals surface area contributed by atoms with Crippen LogP contribution in [0.4, 0.5) is 5.82 Å². The van der Waals surface area contributed by atoms with Gasteiger partial charge in [0.15, 0.2) is 0 Å². The van der Waals surface area contributed by atoms with Gasteiger partial charge in [-0.3, -0.25) is 9.48 Å². The van der Waals surface area contributed by atoms with Gasteiger partial charge < -0.3 is 10.6 Å². The van der Waals surface area contributed by atoms with Crippen molar-refractivity contribution in [3.63, 3.8) is 0 Å². The summed E-state index contributed by atoms with van der Waals surface area (Å²) in [5.74, 6) is 0.411. The lowest BCUT2D eigenvalue weighted by Gasteiger charge is -2.08. The highest BCUT2D eigenvalue weighted by molar-refractivity contribution is 5.98. The number of amides is 1. The SMILES string of the molecule is CNc1ncccc1C(=O)NCc1ccnn1C. The van der Waals surface area contributed by atoms with Crippen LogP contribution in [0, 0.1) is 0 Å². The molecule has 0 unspecified atom stereocenters. The third kappa shape index (κ3) is 2.48. The van der Waals surface area contributed by atoms with Crippen LogP contribution in [0.3, 0.4) is 0 Å². The van der Waals surface area contributed by atoms with E-state index in [0.29, 0.717) is 17.9 Å². The van der Waals surface area contributed by atoms with Crippen molar-refractivity contribution in [3.05, 3.63) is 41.9 Å². The van der Waals surface area contributed by atoms with Crippen LogP contribution in [-0.4, -0.2) is 27.7 Å². The first-order valence-electron chi connectivity index (χ1n) is 5.60. The van der Waals surface area contributed by atoms with Crippen molar-refractivity contribution >= 4 is 11.7 Å². The zero-order valence-corrected chi connectivity index (χ0v) is 10.3. The van der Waals surface area contributed by atoms with Crippen molar-refractivity contribution in [3.8, 4) is 0 Å². The fraction of sp³-hybridized carbons (Fsp3) is 0.250. The zero-order chi connectivity index (χ0) is 13.0. The van der Waals surface area contributed by atoms with E-state index in [1.165, 1.54) is 0 Å². The maximum atomic E-state index is 12.0. The molecular formula is C12H15N5O. The minimum absolute atomic E-state index is 0.159. The van der Waals surface area contributed by atoms with Crippen LogP contribution in [0.15, 0.2) is 30.6 Å². The van der Waals surface area contributed by atoms with Gasteiger partial charge in [0, 0.05) is 26.5 Å². The molecule has 2 aromatic heterocycles. The van der Waals surface area contributed by atoms with Gasteiger partial charge in [-0.25, -0.2) is 4.98 Å². The molecule has 0 aliphatic heterocycles. The average Bonchev–Trinajstić information content (AvgIpc) is 2.81. The van der Waals surface area contributed by atoms with Crippen molar-refractivity contribution in [2.45, 2.75) is 6.54 Å². The van der Waals surface area contributed by atoms with Crippen molar-refractivity contribution in [1.29, 1.82) is 0 Å². The average molecular weight is 245 g/mol. The Morgan fingerprint density at radius 1 is 1.39 bits per heavy atom. The minimum Gasteiger partial charge on any atom is -0.372 e. The number of carbonyl (C=O) groups is 1. The number of anilines is 1. The van der Waals surface area contributed by atoms with E-state index in [4.69, 9.17) is 0 Å². The molecule has 0 radical (unpaired) electrons. The van der Waals surface area contributed by atoms with E-state index in [2.05, 4.69) is 20.7 Å². The number of aromatic nitrogens is 3. The highest BCUT2D eigenvalue weighted by atomic mass is 16.1. The molecule has 0 aliphatic rings. The molecule has 6 nitrogen and oxygen atoms in total.